The van der Waals surface area contributed by atoms with Gasteiger partial charge in [0.15, 0.2) is 5.78 Å². The normalized spacial score (nSPS) is 10.5. The van der Waals surface area contributed by atoms with Gasteiger partial charge in [0.25, 0.3) is 0 Å². The van der Waals surface area contributed by atoms with Crippen LogP contribution in [0.25, 0.3) is 0 Å². The lowest BCUT2D eigenvalue weighted by atomic mass is 10.0. The van der Waals surface area contributed by atoms with Gasteiger partial charge in [0.05, 0.1) is 17.1 Å². The second-order valence-electron chi connectivity index (χ2n) is 5.08. The number of amides is 1. The van der Waals surface area contributed by atoms with Crippen LogP contribution in [-0.2, 0) is 16.0 Å². The highest BCUT2D eigenvalue weighted by molar-refractivity contribution is 8.00. The lowest BCUT2D eigenvalue weighted by Gasteiger charge is -2.06. The van der Waals surface area contributed by atoms with E-state index in [-0.39, 0.29) is 23.2 Å². The Hall–Kier alpha value is -1.83. The molecule has 1 aromatic heterocycles. The molecule has 0 aliphatic rings. The van der Waals surface area contributed by atoms with E-state index in [2.05, 4.69) is 5.32 Å². The SMILES string of the molecule is CCc1cc(C(=O)c2cccc(Cl)c2)c(NC(=O)CSCC(=O)O)s1. The van der Waals surface area contributed by atoms with Gasteiger partial charge in [-0.25, -0.2) is 0 Å². The number of carboxylic acids is 1. The maximum atomic E-state index is 12.7. The smallest absolute Gasteiger partial charge is 0.313 e. The molecule has 2 N–H and O–H groups in total. The Bertz CT molecular complexity index is 804. The van der Waals surface area contributed by atoms with Crippen molar-refractivity contribution in [1.29, 1.82) is 0 Å². The van der Waals surface area contributed by atoms with E-state index in [1.807, 2.05) is 6.92 Å². The number of aryl methyl sites for hydroxylation is 1. The van der Waals surface area contributed by atoms with Crippen molar-refractivity contribution in [2.75, 3.05) is 16.8 Å². The molecule has 2 rings (SSSR count). The molecule has 5 nitrogen and oxygen atoms in total. The molecule has 0 aliphatic carbocycles. The number of thiophene rings is 1. The summed E-state index contributed by atoms with van der Waals surface area (Å²) in [7, 11) is 0. The van der Waals surface area contributed by atoms with Crippen molar-refractivity contribution in [3.05, 3.63) is 51.4 Å². The minimum atomic E-state index is -0.973. The molecule has 0 aliphatic heterocycles. The van der Waals surface area contributed by atoms with E-state index in [9.17, 15) is 14.4 Å². The Balaban J connectivity index is 2.18. The van der Waals surface area contributed by atoms with E-state index in [0.29, 0.717) is 21.2 Å². The van der Waals surface area contributed by atoms with Crippen molar-refractivity contribution in [2.45, 2.75) is 13.3 Å². The summed E-state index contributed by atoms with van der Waals surface area (Å²) in [6.45, 7) is 1.97. The van der Waals surface area contributed by atoms with Gasteiger partial charge >= 0.3 is 5.97 Å². The van der Waals surface area contributed by atoms with E-state index in [1.54, 1.807) is 30.3 Å². The minimum absolute atomic E-state index is 0.0104. The Morgan fingerprint density at radius 1 is 1.24 bits per heavy atom. The molecule has 0 radical (unpaired) electrons. The number of carbonyl (C=O) groups excluding carboxylic acids is 2. The van der Waals surface area contributed by atoms with Crippen molar-refractivity contribution in [3.63, 3.8) is 0 Å². The first-order valence-corrected chi connectivity index (χ1v) is 9.78. The largest absolute Gasteiger partial charge is 0.481 e. The van der Waals surface area contributed by atoms with E-state index in [4.69, 9.17) is 16.7 Å². The Kier molecular flexibility index (Phi) is 7.04. The number of nitrogens with one attached hydrogen (secondary N) is 1. The highest BCUT2D eigenvalue weighted by atomic mass is 35.5. The van der Waals surface area contributed by atoms with Crippen molar-refractivity contribution >= 4 is 57.4 Å². The summed E-state index contributed by atoms with van der Waals surface area (Å²) in [5.74, 6) is -1.66. The molecule has 0 saturated carbocycles. The van der Waals surface area contributed by atoms with Crippen LogP contribution in [0.1, 0.15) is 27.7 Å². The van der Waals surface area contributed by atoms with Gasteiger partial charge < -0.3 is 10.4 Å². The number of aliphatic carboxylic acids is 1. The van der Waals surface area contributed by atoms with Crippen LogP contribution in [0.4, 0.5) is 5.00 Å². The number of carboxylic acid groups (broad SMARTS) is 1. The predicted molar refractivity (Wildman–Crippen MR) is 102 cm³/mol. The van der Waals surface area contributed by atoms with Gasteiger partial charge in [-0.15, -0.1) is 23.1 Å². The van der Waals surface area contributed by atoms with Crippen molar-refractivity contribution in [3.8, 4) is 0 Å². The quantitative estimate of drug-likeness (QED) is 0.659. The van der Waals surface area contributed by atoms with Crippen molar-refractivity contribution in [1.82, 2.24) is 0 Å². The first-order valence-electron chi connectivity index (χ1n) is 7.43. The molecule has 0 spiro atoms. The Labute approximate surface area is 158 Å². The zero-order valence-corrected chi connectivity index (χ0v) is 15.8. The van der Waals surface area contributed by atoms with Gasteiger partial charge in [-0.1, -0.05) is 30.7 Å². The molecule has 0 fully saturated rings. The molecule has 0 saturated heterocycles. The second kappa shape index (κ2) is 9.03. The van der Waals surface area contributed by atoms with E-state index >= 15 is 0 Å². The summed E-state index contributed by atoms with van der Waals surface area (Å²) < 4.78 is 0. The van der Waals surface area contributed by atoms with Crippen LogP contribution in [0.3, 0.4) is 0 Å². The third-order valence-corrected chi connectivity index (χ3v) is 5.52. The first kappa shape index (κ1) is 19.5. The van der Waals surface area contributed by atoms with Gasteiger partial charge in [0, 0.05) is 15.5 Å². The van der Waals surface area contributed by atoms with E-state index < -0.39 is 5.97 Å². The maximum Gasteiger partial charge on any atom is 0.313 e. The summed E-state index contributed by atoms with van der Waals surface area (Å²) in [6, 6.07) is 8.41. The Morgan fingerprint density at radius 2 is 2.00 bits per heavy atom. The molecule has 2 aromatic rings. The lowest BCUT2D eigenvalue weighted by Crippen LogP contribution is -2.16. The molecular formula is C17H16ClNO4S2. The van der Waals surface area contributed by atoms with Crippen LogP contribution in [0.2, 0.25) is 5.02 Å². The standard InChI is InChI=1S/C17H16ClNO4S2/c1-2-12-7-13(16(23)10-4-3-5-11(18)6-10)17(25-12)19-14(20)8-24-9-15(21)22/h3-7H,2,8-9H2,1H3,(H,19,20)(H,21,22). The molecule has 25 heavy (non-hydrogen) atoms. The minimum Gasteiger partial charge on any atom is -0.481 e. The van der Waals surface area contributed by atoms with Gasteiger partial charge in [-0.3, -0.25) is 14.4 Å². The summed E-state index contributed by atoms with van der Waals surface area (Å²) in [5.41, 5.74) is 0.865. The molecule has 0 atom stereocenters. The monoisotopic (exact) mass is 397 g/mol. The summed E-state index contributed by atoms with van der Waals surface area (Å²) >= 11 is 8.29. The molecule has 0 unspecified atom stereocenters. The van der Waals surface area contributed by atoms with E-state index in [1.165, 1.54) is 11.3 Å². The summed E-state index contributed by atoms with van der Waals surface area (Å²) in [6.07, 6.45) is 0.740. The summed E-state index contributed by atoms with van der Waals surface area (Å²) in [5, 5.41) is 12.3. The fraction of sp³-hybridized carbons (Fsp3) is 0.235. The predicted octanol–water partition coefficient (Wildman–Crippen LogP) is 3.95. The van der Waals surface area contributed by atoms with Crippen LogP contribution in [-0.4, -0.2) is 34.3 Å². The number of halogens is 1. The Morgan fingerprint density at radius 3 is 2.64 bits per heavy atom. The molecule has 1 aromatic carbocycles. The number of anilines is 1. The van der Waals surface area contributed by atoms with Crippen LogP contribution in [0.5, 0.6) is 0 Å². The zero-order valence-electron chi connectivity index (χ0n) is 13.4. The molecular weight excluding hydrogens is 382 g/mol. The molecule has 0 bridgehead atoms. The van der Waals surface area contributed by atoms with Crippen LogP contribution >= 0.6 is 34.7 Å². The number of rotatable bonds is 8. The number of carbonyl (C=O) groups is 3. The van der Waals surface area contributed by atoms with Crippen molar-refractivity contribution in [2.24, 2.45) is 0 Å². The number of hydrogen-bond acceptors (Lipinski definition) is 5. The van der Waals surface area contributed by atoms with E-state index in [0.717, 1.165) is 23.1 Å². The summed E-state index contributed by atoms with van der Waals surface area (Å²) in [4.78, 5) is 36.2. The third-order valence-electron chi connectivity index (χ3n) is 3.17. The highest BCUT2D eigenvalue weighted by Crippen LogP contribution is 2.31. The fourth-order valence-electron chi connectivity index (χ4n) is 2.06. The first-order chi connectivity index (χ1) is 11.9. The van der Waals surface area contributed by atoms with Crippen LogP contribution in [0, 0.1) is 0 Å². The van der Waals surface area contributed by atoms with Gasteiger partial charge in [0.2, 0.25) is 5.91 Å². The fourth-order valence-corrected chi connectivity index (χ4v) is 3.79. The number of thioether (sulfide) groups is 1. The van der Waals surface area contributed by atoms with Gasteiger partial charge in [0.1, 0.15) is 5.00 Å². The van der Waals surface area contributed by atoms with Crippen molar-refractivity contribution < 1.29 is 19.5 Å². The average Bonchev–Trinajstić information content (AvgIpc) is 2.96. The zero-order chi connectivity index (χ0) is 18.4. The lowest BCUT2D eigenvalue weighted by molar-refractivity contribution is -0.133. The second-order valence-corrected chi connectivity index (χ2v) is 7.64. The van der Waals surface area contributed by atoms with Gasteiger partial charge in [-0.05, 0) is 24.6 Å². The average molecular weight is 398 g/mol. The highest BCUT2D eigenvalue weighted by Gasteiger charge is 2.19. The topological polar surface area (TPSA) is 83.5 Å². The van der Waals surface area contributed by atoms with Gasteiger partial charge in [-0.2, -0.15) is 0 Å². The maximum absolute atomic E-state index is 12.7. The third kappa shape index (κ3) is 5.59. The van der Waals surface area contributed by atoms with Crippen LogP contribution in [0.15, 0.2) is 30.3 Å². The number of hydrogen-bond donors (Lipinski definition) is 2. The number of ketones is 1. The molecule has 1 heterocycles. The molecule has 1 amide bonds. The van der Waals surface area contributed by atoms with Crippen LogP contribution < -0.4 is 5.32 Å². The molecule has 8 heteroatoms. The molecule has 132 valence electrons. The number of benzene rings is 1.